The fraction of sp³-hybridized carbons (Fsp3) is 0.364. The fourth-order valence-electron chi connectivity index (χ4n) is 1.43. The van der Waals surface area contributed by atoms with Gasteiger partial charge in [0.05, 0.1) is 13.5 Å². The summed E-state index contributed by atoms with van der Waals surface area (Å²) in [5.41, 5.74) is 7.78. The SMILES string of the molecule is COC(=O)C[C@@H](N)c1ccc(Cl)cc1C. The summed E-state index contributed by atoms with van der Waals surface area (Å²) in [6.45, 7) is 1.92. The number of hydrogen-bond donors (Lipinski definition) is 1. The van der Waals surface area contributed by atoms with Crippen molar-refractivity contribution in [3.8, 4) is 0 Å². The molecule has 1 rings (SSSR count). The minimum absolute atomic E-state index is 0.180. The maximum absolute atomic E-state index is 11.0. The first kappa shape index (κ1) is 12.0. The number of benzene rings is 1. The van der Waals surface area contributed by atoms with Crippen LogP contribution >= 0.6 is 11.6 Å². The lowest BCUT2D eigenvalue weighted by Gasteiger charge is -2.13. The van der Waals surface area contributed by atoms with Crippen molar-refractivity contribution in [2.45, 2.75) is 19.4 Å². The predicted molar refractivity (Wildman–Crippen MR) is 59.8 cm³/mol. The topological polar surface area (TPSA) is 52.3 Å². The van der Waals surface area contributed by atoms with Crippen molar-refractivity contribution in [3.63, 3.8) is 0 Å². The second-order valence-corrected chi connectivity index (χ2v) is 3.82. The minimum atomic E-state index is -0.338. The third-order valence-electron chi connectivity index (χ3n) is 2.25. The third-order valence-corrected chi connectivity index (χ3v) is 2.48. The van der Waals surface area contributed by atoms with E-state index in [1.807, 2.05) is 19.1 Å². The molecule has 4 heteroatoms. The summed E-state index contributed by atoms with van der Waals surface area (Å²) in [6, 6.07) is 5.09. The number of rotatable bonds is 3. The molecular formula is C11H14ClNO2. The number of aryl methyl sites for hydroxylation is 1. The highest BCUT2D eigenvalue weighted by molar-refractivity contribution is 6.30. The standard InChI is InChI=1S/C11H14ClNO2/c1-7-5-8(12)3-4-9(7)10(13)6-11(14)15-2/h3-5,10H,6,13H2,1-2H3/t10-/m1/s1. The molecule has 1 aromatic carbocycles. The van der Waals surface area contributed by atoms with Crippen molar-refractivity contribution in [3.05, 3.63) is 34.3 Å². The van der Waals surface area contributed by atoms with Crippen molar-refractivity contribution in [2.75, 3.05) is 7.11 Å². The zero-order chi connectivity index (χ0) is 11.4. The van der Waals surface area contributed by atoms with E-state index < -0.39 is 0 Å². The molecule has 0 aromatic heterocycles. The molecule has 0 saturated heterocycles. The smallest absolute Gasteiger partial charge is 0.307 e. The first-order valence-electron chi connectivity index (χ1n) is 4.63. The fourth-order valence-corrected chi connectivity index (χ4v) is 1.65. The Hall–Kier alpha value is -1.06. The van der Waals surface area contributed by atoms with E-state index in [-0.39, 0.29) is 18.4 Å². The molecule has 0 fully saturated rings. The molecule has 82 valence electrons. The molecule has 0 saturated carbocycles. The maximum Gasteiger partial charge on any atom is 0.307 e. The van der Waals surface area contributed by atoms with Gasteiger partial charge >= 0.3 is 5.97 Å². The molecule has 0 aliphatic heterocycles. The minimum Gasteiger partial charge on any atom is -0.469 e. The third kappa shape index (κ3) is 3.22. The molecule has 15 heavy (non-hydrogen) atoms. The van der Waals surface area contributed by atoms with Crippen LogP contribution in [-0.4, -0.2) is 13.1 Å². The Morgan fingerprint density at radius 1 is 1.60 bits per heavy atom. The molecule has 0 aliphatic carbocycles. The molecule has 0 aliphatic rings. The van der Waals surface area contributed by atoms with Crippen molar-refractivity contribution in [1.82, 2.24) is 0 Å². The van der Waals surface area contributed by atoms with Gasteiger partial charge in [-0.2, -0.15) is 0 Å². The molecule has 0 radical (unpaired) electrons. The number of halogens is 1. The summed E-state index contributed by atoms with van der Waals surface area (Å²) in [4.78, 5) is 11.0. The van der Waals surface area contributed by atoms with E-state index in [1.165, 1.54) is 7.11 Å². The van der Waals surface area contributed by atoms with Crippen LogP contribution in [0.15, 0.2) is 18.2 Å². The highest BCUT2D eigenvalue weighted by Gasteiger charge is 2.13. The van der Waals surface area contributed by atoms with E-state index >= 15 is 0 Å². The molecule has 0 bridgehead atoms. The maximum atomic E-state index is 11.0. The van der Waals surface area contributed by atoms with Crippen LogP contribution in [0.5, 0.6) is 0 Å². The first-order valence-corrected chi connectivity index (χ1v) is 5.01. The monoisotopic (exact) mass is 227 g/mol. The number of ether oxygens (including phenoxy) is 1. The van der Waals surface area contributed by atoms with Gasteiger partial charge in [-0.15, -0.1) is 0 Å². The van der Waals surface area contributed by atoms with Gasteiger partial charge in [-0.3, -0.25) is 4.79 Å². The quantitative estimate of drug-likeness (QED) is 0.806. The first-order chi connectivity index (χ1) is 7.04. The highest BCUT2D eigenvalue weighted by Crippen LogP contribution is 2.22. The van der Waals surface area contributed by atoms with E-state index in [9.17, 15) is 4.79 Å². The van der Waals surface area contributed by atoms with Crippen LogP contribution in [0.4, 0.5) is 0 Å². The summed E-state index contributed by atoms with van der Waals surface area (Å²) >= 11 is 5.82. The van der Waals surface area contributed by atoms with Crippen molar-refractivity contribution in [2.24, 2.45) is 5.73 Å². The largest absolute Gasteiger partial charge is 0.469 e. The number of carbonyl (C=O) groups is 1. The van der Waals surface area contributed by atoms with Crippen molar-refractivity contribution >= 4 is 17.6 Å². The van der Waals surface area contributed by atoms with Crippen LogP contribution in [0.2, 0.25) is 5.02 Å². The van der Waals surface area contributed by atoms with Gasteiger partial charge in [0.1, 0.15) is 0 Å². The second kappa shape index (κ2) is 5.14. The zero-order valence-electron chi connectivity index (χ0n) is 8.79. The normalized spacial score (nSPS) is 12.3. The van der Waals surface area contributed by atoms with Crippen molar-refractivity contribution in [1.29, 1.82) is 0 Å². The molecule has 0 spiro atoms. The molecule has 0 amide bonds. The van der Waals surface area contributed by atoms with E-state index in [1.54, 1.807) is 6.07 Å². The van der Waals surface area contributed by atoms with E-state index in [2.05, 4.69) is 4.74 Å². The Balaban J connectivity index is 2.82. The van der Waals surface area contributed by atoms with Gasteiger partial charge in [-0.25, -0.2) is 0 Å². The molecule has 3 nitrogen and oxygen atoms in total. The number of methoxy groups -OCH3 is 1. The molecule has 0 unspecified atom stereocenters. The number of nitrogens with two attached hydrogens (primary N) is 1. The summed E-state index contributed by atoms with van der Waals surface area (Å²) in [5, 5.41) is 0.668. The van der Waals surface area contributed by atoms with E-state index in [0.29, 0.717) is 5.02 Å². The molecule has 2 N–H and O–H groups in total. The van der Waals surface area contributed by atoms with Crippen LogP contribution in [0.25, 0.3) is 0 Å². The van der Waals surface area contributed by atoms with Crippen LogP contribution < -0.4 is 5.73 Å². The average Bonchev–Trinajstić information content (AvgIpc) is 2.17. The number of carbonyl (C=O) groups excluding carboxylic acids is 1. The van der Waals surface area contributed by atoms with Gasteiger partial charge in [0.25, 0.3) is 0 Å². The van der Waals surface area contributed by atoms with Gasteiger partial charge < -0.3 is 10.5 Å². The van der Waals surface area contributed by atoms with E-state index in [0.717, 1.165) is 11.1 Å². The predicted octanol–water partition coefficient (Wildman–Crippen LogP) is 2.21. The number of esters is 1. The summed E-state index contributed by atoms with van der Waals surface area (Å²) in [5.74, 6) is -0.308. The van der Waals surface area contributed by atoms with Gasteiger partial charge in [-0.1, -0.05) is 17.7 Å². The van der Waals surface area contributed by atoms with Gasteiger partial charge in [0.15, 0.2) is 0 Å². The Labute approximate surface area is 94.2 Å². The summed E-state index contributed by atoms with van der Waals surface area (Å²) < 4.78 is 4.56. The molecule has 1 aromatic rings. The van der Waals surface area contributed by atoms with Gasteiger partial charge in [-0.05, 0) is 30.2 Å². The highest BCUT2D eigenvalue weighted by atomic mass is 35.5. The van der Waals surface area contributed by atoms with Crippen LogP contribution in [0, 0.1) is 6.92 Å². The lowest BCUT2D eigenvalue weighted by Crippen LogP contribution is -2.17. The second-order valence-electron chi connectivity index (χ2n) is 3.39. The molecule has 0 heterocycles. The van der Waals surface area contributed by atoms with Crippen molar-refractivity contribution < 1.29 is 9.53 Å². The van der Waals surface area contributed by atoms with Crippen LogP contribution in [0.3, 0.4) is 0 Å². The lowest BCUT2D eigenvalue weighted by molar-refractivity contribution is -0.141. The zero-order valence-corrected chi connectivity index (χ0v) is 9.54. The van der Waals surface area contributed by atoms with Gasteiger partial charge in [0, 0.05) is 11.1 Å². The summed E-state index contributed by atoms with van der Waals surface area (Å²) in [7, 11) is 1.35. The number of hydrogen-bond acceptors (Lipinski definition) is 3. The van der Waals surface area contributed by atoms with Gasteiger partial charge in [0.2, 0.25) is 0 Å². The lowest BCUT2D eigenvalue weighted by atomic mass is 10.00. The Kier molecular flexibility index (Phi) is 4.12. The van der Waals surface area contributed by atoms with E-state index in [4.69, 9.17) is 17.3 Å². The average molecular weight is 228 g/mol. The van der Waals surface area contributed by atoms with Crippen LogP contribution in [-0.2, 0) is 9.53 Å². The summed E-state index contributed by atoms with van der Waals surface area (Å²) in [6.07, 6.45) is 0.180. The Bertz CT molecular complexity index is 366. The Morgan fingerprint density at radius 3 is 2.80 bits per heavy atom. The van der Waals surface area contributed by atoms with Crippen LogP contribution in [0.1, 0.15) is 23.6 Å². The molecule has 1 atom stereocenters. The molecular weight excluding hydrogens is 214 g/mol. The Morgan fingerprint density at radius 2 is 2.27 bits per heavy atom.